The van der Waals surface area contributed by atoms with Gasteiger partial charge < -0.3 is 24.7 Å². The molecule has 0 saturated carbocycles. The SMILES string of the molecule is Nc1nn2c([C@]34O[C@H](COCc5ccccc5)C[C@]3(OCc3ccccc3)O4)ccc2c(=O)[nH]1. The smallest absolute Gasteiger partial charge is 0.276 e. The Morgan fingerprint density at radius 1 is 1.03 bits per heavy atom. The summed E-state index contributed by atoms with van der Waals surface area (Å²) in [7, 11) is 0. The third kappa shape index (κ3) is 3.50. The highest BCUT2D eigenvalue weighted by Gasteiger charge is 2.81. The molecular formula is C25H24N4O5. The highest BCUT2D eigenvalue weighted by atomic mass is 16.9. The van der Waals surface area contributed by atoms with Crippen molar-refractivity contribution in [2.75, 3.05) is 12.3 Å². The van der Waals surface area contributed by atoms with Crippen molar-refractivity contribution < 1.29 is 18.9 Å². The van der Waals surface area contributed by atoms with Gasteiger partial charge in [-0.25, -0.2) is 4.52 Å². The average Bonchev–Trinajstić information content (AvgIpc) is 3.12. The first-order valence-electron chi connectivity index (χ1n) is 11.1. The quantitative estimate of drug-likeness (QED) is 0.388. The van der Waals surface area contributed by atoms with Crippen molar-refractivity contribution >= 4 is 11.5 Å². The third-order valence-corrected chi connectivity index (χ3v) is 6.20. The summed E-state index contributed by atoms with van der Waals surface area (Å²) in [6.45, 7) is 1.20. The minimum Gasteiger partial charge on any atom is -0.374 e. The van der Waals surface area contributed by atoms with E-state index < -0.39 is 11.6 Å². The maximum atomic E-state index is 12.3. The molecule has 2 aromatic carbocycles. The molecule has 34 heavy (non-hydrogen) atoms. The van der Waals surface area contributed by atoms with Gasteiger partial charge in [0.05, 0.1) is 25.9 Å². The van der Waals surface area contributed by atoms with Crippen molar-refractivity contribution in [1.29, 1.82) is 0 Å². The Kier molecular flexibility index (Phi) is 5.00. The maximum absolute atomic E-state index is 12.3. The highest BCUT2D eigenvalue weighted by Crippen LogP contribution is 2.65. The van der Waals surface area contributed by atoms with Crippen LogP contribution in [0.2, 0.25) is 0 Å². The van der Waals surface area contributed by atoms with Crippen LogP contribution in [0.25, 0.3) is 5.52 Å². The average molecular weight is 460 g/mol. The molecule has 4 aromatic rings. The number of aromatic amines is 1. The number of hydrogen-bond acceptors (Lipinski definition) is 7. The largest absolute Gasteiger partial charge is 0.374 e. The fraction of sp³-hybridized carbons (Fsp3) is 0.280. The van der Waals surface area contributed by atoms with Crippen molar-refractivity contribution in [3.8, 4) is 0 Å². The predicted octanol–water partition coefficient (Wildman–Crippen LogP) is 2.71. The number of nitrogens with one attached hydrogen (secondary N) is 1. The molecule has 3 atom stereocenters. The number of benzene rings is 2. The lowest BCUT2D eigenvalue weighted by Gasteiger charge is -2.16. The number of fused-ring (bicyclic) bond motifs is 2. The van der Waals surface area contributed by atoms with E-state index in [1.807, 2.05) is 60.7 Å². The van der Waals surface area contributed by atoms with Crippen LogP contribution in [-0.4, -0.2) is 33.1 Å². The van der Waals surface area contributed by atoms with Gasteiger partial charge in [0.2, 0.25) is 11.7 Å². The van der Waals surface area contributed by atoms with Crippen LogP contribution in [0.4, 0.5) is 5.95 Å². The van der Waals surface area contributed by atoms with Gasteiger partial charge in [0.1, 0.15) is 11.2 Å². The van der Waals surface area contributed by atoms with E-state index in [9.17, 15) is 4.79 Å². The summed E-state index contributed by atoms with van der Waals surface area (Å²) in [6.07, 6.45) is 0.207. The van der Waals surface area contributed by atoms with Crippen LogP contribution in [0, 0.1) is 0 Å². The summed E-state index contributed by atoms with van der Waals surface area (Å²) in [5, 5.41) is 4.28. The van der Waals surface area contributed by atoms with E-state index in [1.54, 1.807) is 12.1 Å². The van der Waals surface area contributed by atoms with Crippen LogP contribution in [-0.2, 0) is 37.9 Å². The Morgan fingerprint density at radius 3 is 2.47 bits per heavy atom. The van der Waals surface area contributed by atoms with E-state index in [0.717, 1.165) is 11.1 Å². The zero-order valence-electron chi connectivity index (χ0n) is 18.3. The Labute approximate surface area is 195 Å². The Bertz CT molecular complexity index is 1370. The number of epoxide rings is 1. The normalized spacial score (nSPS) is 25.5. The van der Waals surface area contributed by atoms with Gasteiger partial charge in [-0.2, -0.15) is 0 Å². The van der Waals surface area contributed by atoms with Gasteiger partial charge in [-0.05, 0) is 23.3 Å². The topological polar surface area (TPSA) is 116 Å². The van der Waals surface area contributed by atoms with Gasteiger partial charge in [0, 0.05) is 6.42 Å². The van der Waals surface area contributed by atoms with Gasteiger partial charge in [-0.15, -0.1) is 5.10 Å². The lowest BCUT2D eigenvalue weighted by atomic mass is 10.1. The molecule has 2 aliphatic rings. The first-order valence-corrected chi connectivity index (χ1v) is 11.1. The van der Waals surface area contributed by atoms with Crippen LogP contribution in [0.1, 0.15) is 23.2 Å². The monoisotopic (exact) mass is 460 g/mol. The van der Waals surface area contributed by atoms with Gasteiger partial charge >= 0.3 is 0 Å². The van der Waals surface area contributed by atoms with Crippen LogP contribution >= 0.6 is 0 Å². The molecule has 2 aliphatic heterocycles. The second-order valence-electron chi connectivity index (χ2n) is 8.55. The molecule has 2 aromatic heterocycles. The summed E-state index contributed by atoms with van der Waals surface area (Å²) < 4.78 is 26.3. The van der Waals surface area contributed by atoms with Crippen molar-refractivity contribution in [2.24, 2.45) is 0 Å². The molecular weight excluding hydrogens is 436 g/mol. The van der Waals surface area contributed by atoms with Crippen LogP contribution in [0.3, 0.4) is 0 Å². The number of aromatic nitrogens is 3. The fourth-order valence-electron chi connectivity index (χ4n) is 4.58. The van der Waals surface area contributed by atoms with Gasteiger partial charge in [-0.3, -0.25) is 9.78 Å². The predicted molar refractivity (Wildman–Crippen MR) is 123 cm³/mol. The molecule has 0 bridgehead atoms. The van der Waals surface area contributed by atoms with Gasteiger partial charge in [0.25, 0.3) is 11.3 Å². The molecule has 2 saturated heterocycles. The summed E-state index contributed by atoms with van der Waals surface area (Å²) in [4.78, 5) is 14.9. The van der Waals surface area contributed by atoms with Crippen molar-refractivity contribution in [3.63, 3.8) is 0 Å². The first kappa shape index (κ1) is 21.1. The summed E-state index contributed by atoms with van der Waals surface area (Å²) in [5.41, 5.74) is 8.47. The summed E-state index contributed by atoms with van der Waals surface area (Å²) >= 11 is 0. The van der Waals surface area contributed by atoms with E-state index >= 15 is 0 Å². The highest BCUT2D eigenvalue weighted by molar-refractivity contribution is 5.49. The number of anilines is 1. The zero-order chi connectivity index (χ0) is 23.2. The molecule has 0 spiro atoms. The lowest BCUT2D eigenvalue weighted by molar-refractivity contribution is -0.127. The molecule has 0 radical (unpaired) electrons. The number of nitrogens with two attached hydrogens (primary N) is 1. The standard InChI is InChI=1S/C25H24N4O5/c26-23-27-22(30)20-11-12-21(29(20)28-23)25-24(34-25,32-15-18-9-5-2-6-10-18)13-19(33-25)16-31-14-17-7-3-1-4-8-17/h1-12,19H,13-16H2,(H3,26,27,28,30)/t19-,24-,25+/m0/s1. The molecule has 0 unspecified atom stereocenters. The number of rotatable bonds is 8. The van der Waals surface area contributed by atoms with E-state index in [-0.39, 0.29) is 17.6 Å². The number of H-pyrrole nitrogens is 1. The van der Waals surface area contributed by atoms with Crippen molar-refractivity contribution in [2.45, 2.75) is 37.3 Å². The second-order valence-corrected chi connectivity index (χ2v) is 8.55. The van der Waals surface area contributed by atoms with Crippen LogP contribution in [0.5, 0.6) is 0 Å². The third-order valence-electron chi connectivity index (χ3n) is 6.20. The molecule has 9 heteroatoms. The van der Waals surface area contributed by atoms with Crippen LogP contribution < -0.4 is 11.3 Å². The van der Waals surface area contributed by atoms with E-state index in [1.165, 1.54) is 4.52 Å². The maximum Gasteiger partial charge on any atom is 0.276 e. The van der Waals surface area contributed by atoms with Gasteiger partial charge in [-0.1, -0.05) is 60.7 Å². The molecule has 2 fully saturated rings. The number of nitrogen functional groups attached to an aromatic ring is 1. The van der Waals surface area contributed by atoms with Crippen molar-refractivity contribution in [3.05, 3.63) is 100.0 Å². The molecule has 6 rings (SSSR count). The number of ether oxygens (including phenoxy) is 4. The Balaban J connectivity index is 1.27. The summed E-state index contributed by atoms with van der Waals surface area (Å²) in [6, 6.07) is 23.3. The van der Waals surface area contributed by atoms with Gasteiger partial charge in [0.15, 0.2) is 0 Å². The molecule has 174 valence electrons. The minimum atomic E-state index is -1.21. The second kappa shape index (κ2) is 8.07. The van der Waals surface area contributed by atoms with E-state index in [4.69, 9.17) is 24.7 Å². The summed E-state index contributed by atoms with van der Waals surface area (Å²) in [5.74, 6) is -2.22. The molecule has 4 heterocycles. The van der Waals surface area contributed by atoms with E-state index in [0.29, 0.717) is 37.5 Å². The minimum absolute atomic E-state index is 0.00328. The van der Waals surface area contributed by atoms with E-state index in [2.05, 4.69) is 10.1 Å². The Hall–Kier alpha value is -3.50. The molecule has 0 amide bonds. The number of nitrogens with zero attached hydrogens (tertiary/aromatic N) is 2. The van der Waals surface area contributed by atoms with Crippen LogP contribution in [0.15, 0.2) is 77.6 Å². The number of hydrogen-bond donors (Lipinski definition) is 2. The fourth-order valence-corrected chi connectivity index (χ4v) is 4.58. The molecule has 0 aliphatic carbocycles. The Morgan fingerprint density at radius 2 is 1.74 bits per heavy atom. The molecule has 9 nitrogen and oxygen atoms in total. The first-order chi connectivity index (χ1) is 16.6. The zero-order valence-corrected chi connectivity index (χ0v) is 18.3. The van der Waals surface area contributed by atoms with Crippen molar-refractivity contribution in [1.82, 2.24) is 14.6 Å². The molecule has 3 N–H and O–H groups in total. The lowest BCUT2D eigenvalue weighted by Crippen LogP contribution is -2.26.